The minimum atomic E-state index is -0.614. The lowest BCUT2D eigenvalue weighted by Crippen LogP contribution is -2.15. The van der Waals surface area contributed by atoms with Gasteiger partial charge in [0.05, 0.1) is 10.7 Å². The predicted octanol–water partition coefficient (Wildman–Crippen LogP) is 4.09. The Balaban J connectivity index is 2.30. The summed E-state index contributed by atoms with van der Waals surface area (Å²) in [5, 5.41) is 2.70. The lowest BCUT2D eigenvalue weighted by molar-refractivity contribution is 0.102. The van der Waals surface area contributed by atoms with Crippen LogP contribution in [0.4, 0.5) is 10.1 Å². The van der Waals surface area contributed by atoms with E-state index in [-0.39, 0.29) is 21.6 Å². The van der Waals surface area contributed by atoms with Gasteiger partial charge in [0.1, 0.15) is 16.7 Å². The molecule has 0 aliphatic rings. The van der Waals surface area contributed by atoms with Gasteiger partial charge in [0.25, 0.3) is 5.91 Å². The van der Waals surface area contributed by atoms with Gasteiger partial charge in [-0.3, -0.25) is 4.79 Å². The van der Waals surface area contributed by atoms with Crippen molar-refractivity contribution in [2.75, 3.05) is 5.32 Å². The number of rotatable bonds is 2. The van der Waals surface area contributed by atoms with E-state index < -0.39 is 11.7 Å². The first kappa shape index (κ1) is 13.8. The first-order chi connectivity index (χ1) is 8.97. The zero-order valence-corrected chi connectivity index (χ0v) is 11.4. The van der Waals surface area contributed by atoms with Crippen molar-refractivity contribution in [3.05, 3.63) is 57.6 Å². The second-order valence-corrected chi connectivity index (χ2v) is 4.70. The van der Waals surface area contributed by atoms with E-state index in [0.29, 0.717) is 0 Å². The standard InChI is InChI=1S/C13H9Cl2FN2O/c1-7-2-4-9(16)10(6-7)17-13(19)12-8(14)3-5-11(15)18-12/h2-6H,1H3,(H,17,19). The third kappa shape index (κ3) is 3.22. The van der Waals surface area contributed by atoms with E-state index in [0.717, 1.165) is 5.56 Å². The van der Waals surface area contributed by atoms with E-state index in [9.17, 15) is 9.18 Å². The highest BCUT2D eigenvalue weighted by atomic mass is 35.5. The molecule has 6 heteroatoms. The highest BCUT2D eigenvalue weighted by molar-refractivity contribution is 6.35. The number of carbonyl (C=O) groups excluding carboxylic acids is 1. The largest absolute Gasteiger partial charge is 0.318 e. The van der Waals surface area contributed by atoms with Crippen molar-refractivity contribution in [2.24, 2.45) is 0 Å². The van der Waals surface area contributed by atoms with Crippen molar-refractivity contribution < 1.29 is 9.18 Å². The molecule has 0 aliphatic carbocycles. The molecule has 1 N–H and O–H groups in total. The maximum Gasteiger partial charge on any atom is 0.275 e. The molecule has 1 heterocycles. The maximum atomic E-state index is 13.5. The molecule has 2 rings (SSSR count). The Kier molecular flexibility index (Phi) is 4.02. The summed E-state index contributed by atoms with van der Waals surface area (Å²) in [6.07, 6.45) is 0. The van der Waals surface area contributed by atoms with Gasteiger partial charge in [-0.1, -0.05) is 29.3 Å². The third-order valence-corrected chi connectivity index (χ3v) is 2.91. The van der Waals surface area contributed by atoms with Gasteiger partial charge >= 0.3 is 0 Å². The highest BCUT2D eigenvalue weighted by Gasteiger charge is 2.15. The first-order valence-corrected chi connectivity index (χ1v) is 6.12. The fraction of sp³-hybridized carbons (Fsp3) is 0.0769. The number of nitrogens with zero attached hydrogens (tertiary/aromatic N) is 1. The van der Waals surface area contributed by atoms with Gasteiger partial charge in [0, 0.05) is 0 Å². The number of pyridine rings is 1. The van der Waals surface area contributed by atoms with Crippen LogP contribution < -0.4 is 5.32 Å². The molecular formula is C13H9Cl2FN2O. The summed E-state index contributed by atoms with van der Waals surface area (Å²) in [6.45, 7) is 1.79. The molecule has 0 unspecified atom stereocenters. The van der Waals surface area contributed by atoms with Gasteiger partial charge in [-0.25, -0.2) is 9.37 Å². The fourth-order valence-corrected chi connectivity index (χ4v) is 1.83. The molecule has 3 nitrogen and oxygen atoms in total. The van der Waals surface area contributed by atoms with Crippen molar-refractivity contribution in [1.29, 1.82) is 0 Å². The summed E-state index contributed by atoms with van der Waals surface area (Å²) >= 11 is 11.5. The van der Waals surface area contributed by atoms with Gasteiger partial charge in [0.2, 0.25) is 0 Å². The van der Waals surface area contributed by atoms with E-state index in [1.165, 1.54) is 24.3 Å². The minimum Gasteiger partial charge on any atom is -0.318 e. The highest BCUT2D eigenvalue weighted by Crippen LogP contribution is 2.20. The molecule has 1 aromatic heterocycles. The Morgan fingerprint density at radius 2 is 2.00 bits per heavy atom. The van der Waals surface area contributed by atoms with Crippen LogP contribution in [-0.4, -0.2) is 10.9 Å². The summed E-state index contributed by atoms with van der Waals surface area (Å²) in [6, 6.07) is 7.32. The van der Waals surface area contributed by atoms with Gasteiger partial charge in [-0.05, 0) is 36.8 Å². The number of hydrogen-bond acceptors (Lipinski definition) is 2. The molecule has 2 aromatic rings. The molecule has 1 amide bonds. The Morgan fingerprint density at radius 1 is 1.26 bits per heavy atom. The van der Waals surface area contributed by atoms with Crippen molar-refractivity contribution >= 4 is 34.8 Å². The summed E-state index contributed by atoms with van der Waals surface area (Å²) in [4.78, 5) is 15.8. The number of hydrogen-bond donors (Lipinski definition) is 1. The lowest BCUT2D eigenvalue weighted by atomic mass is 10.2. The number of benzene rings is 1. The number of aryl methyl sites for hydroxylation is 1. The lowest BCUT2D eigenvalue weighted by Gasteiger charge is -2.08. The molecule has 0 saturated carbocycles. The Bertz CT molecular complexity index is 647. The number of nitrogens with one attached hydrogen (secondary N) is 1. The Labute approximate surface area is 119 Å². The predicted molar refractivity (Wildman–Crippen MR) is 73.3 cm³/mol. The van der Waals surface area contributed by atoms with E-state index >= 15 is 0 Å². The Morgan fingerprint density at radius 3 is 2.74 bits per heavy atom. The van der Waals surface area contributed by atoms with E-state index in [1.807, 2.05) is 0 Å². The quantitative estimate of drug-likeness (QED) is 0.849. The topological polar surface area (TPSA) is 42.0 Å². The second-order valence-electron chi connectivity index (χ2n) is 3.90. The summed E-state index contributed by atoms with van der Waals surface area (Å²) in [7, 11) is 0. The van der Waals surface area contributed by atoms with Gasteiger partial charge < -0.3 is 5.32 Å². The van der Waals surface area contributed by atoms with Gasteiger partial charge in [0.15, 0.2) is 0 Å². The average molecular weight is 299 g/mol. The average Bonchev–Trinajstić information content (AvgIpc) is 2.36. The first-order valence-electron chi connectivity index (χ1n) is 5.37. The van der Waals surface area contributed by atoms with Crippen molar-refractivity contribution in [2.45, 2.75) is 6.92 Å². The van der Waals surface area contributed by atoms with E-state index in [1.54, 1.807) is 13.0 Å². The van der Waals surface area contributed by atoms with Crippen LogP contribution in [0.1, 0.15) is 16.1 Å². The van der Waals surface area contributed by atoms with Gasteiger partial charge in [-0.15, -0.1) is 0 Å². The molecule has 0 fully saturated rings. The molecule has 0 atom stereocenters. The number of halogens is 3. The molecule has 1 aromatic carbocycles. The SMILES string of the molecule is Cc1ccc(F)c(NC(=O)c2nc(Cl)ccc2Cl)c1. The molecular weight excluding hydrogens is 290 g/mol. The molecule has 0 aliphatic heterocycles. The molecule has 19 heavy (non-hydrogen) atoms. The van der Waals surface area contributed by atoms with E-state index in [4.69, 9.17) is 23.2 Å². The number of carbonyl (C=O) groups is 1. The molecule has 0 spiro atoms. The summed E-state index contributed by atoms with van der Waals surface area (Å²) in [5.74, 6) is -1.14. The molecule has 98 valence electrons. The number of aromatic nitrogens is 1. The van der Waals surface area contributed by atoms with Gasteiger partial charge in [-0.2, -0.15) is 0 Å². The molecule has 0 saturated heterocycles. The van der Waals surface area contributed by atoms with Crippen LogP contribution in [-0.2, 0) is 0 Å². The monoisotopic (exact) mass is 298 g/mol. The maximum absolute atomic E-state index is 13.5. The second kappa shape index (κ2) is 5.55. The third-order valence-electron chi connectivity index (χ3n) is 2.40. The smallest absolute Gasteiger partial charge is 0.275 e. The van der Waals surface area contributed by atoms with Crippen molar-refractivity contribution in [1.82, 2.24) is 4.98 Å². The van der Waals surface area contributed by atoms with Crippen LogP contribution in [0.2, 0.25) is 10.2 Å². The van der Waals surface area contributed by atoms with Crippen LogP contribution in [0, 0.1) is 12.7 Å². The molecule has 0 bridgehead atoms. The minimum absolute atomic E-state index is 0.0462. The summed E-state index contributed by atoms with van der Waals surface area (Å²) < 4.78 is 13.5. The zero-order chi connectivity index (χ0) is 14.0. The van der Waals surface area contributed by atoms with Crippen LogP contribution in [0.25, 0.3) is 0 Å². The van der Waals surface area contributed by atoms with Crippen LogP contribution in [0.3, 0.4) is 0 Å². The van der Waals surface area contributed by atoms with Crippen LogP contribution in [0.15, 0.2) is 30.3 Å². The normalized spacial score (nSPS) is 10.3. The van der Waals surface area contributed by atoms with E-state index in [2.05, 4.69) is 10.3 Å². The fourth-order valence-electron chi connectivity index (χ4n) is 1.49. The molecule has 0 radical (unpaired) electrons. The van der Waals surface area contributed by atoms with Crippen molar-refractivity contribution in [3.63, 3.8) is 0 Å². The summed E-state index contributed by atoms with van der Waals surface area (Å²) in [5.41, 5.74) is 0.847. The Hall–Kier alpha value is -1.65. The van der Waals surface area contributed by atoms with Crippen LogP contribution >= 0.6 is 23.2 Å². The zero-order valence-electron chi connectivity index (χ0n) is 9.88. The number of anilines is 1. The van der Waals surface area contributed by atoms with Crippen LogP contribution in [0.5, 0.6) is 0 Å². The number of amides is 1. The van der Waals surface area contributed by atoms with Crippen molar-refractivity contribution in [3.8, 4) is 0 Å².